The Balaban J connectivity index is 1.86. The van der Waals surface area contributed by atoms with Gasteiger partial charge in [-0.05, 0) is 24.6 Å². The fraction of sp³-hybridized carbons (Fsp3) is 0.333. The minimum atomic E-state index is -0.222. The van der Waals surface area contributed by atoms with Gasteiger partial charge < -0.3 is 10.2 Å². The molecule has 0 atom stereocenters. The molecule has 0 aromatic heterocycles. The Labute approximate surface area is 108 Å². The Kier molecular flexibility index (Phi) is 3.78. The van der Waals surface area contributed by atoms with Gasteiger partial charge >= 0.3 is 0 Å². The first-order valence-corrected chi connectivity index (χ1v) is 6.27. The van der Waals surface area contributed by atoms with Gasteiger partial charge in [0.15, 0.2) is 0 Å². The molecule has 1 N–H and O–H groups in total. The van der Waals surface area contributed by atoms with Gasteiger partial charge in [0.1, 0.15) is 0 Å². The van der Waals surface area contributed by atoms with E-state index in [1.807, 2.05) is 6.07 Å². The lowest BCUT2D eigenvalue weighted by atomic mass is 10.2. The summed E-state index contributed by atoms with van der Waals surface area (Å²) in [6.07, 6.45) is 1.06. The minimum Gasteiger partial charge on any atom is -0.343 e. The van der Waals surface area contributed by atoms with Crippen LogP contribution in [0.1, 0.15) is 16.8 Å². The van der Waals surface area contributed by atoms with Gasteiger partial charge in [-0.2, -0.15) is 0 Å². The van der Waals surface area contributed by atoms with Gasteiger partial charge in [0.2, 0.25) is 5.91 Å². The molecule has 2 rings (SSSR count). The Bertz CT molecular complexity index is 444. The van der Waals surface area contributed by atoms with Crippen LogP contribution in [0, 0.1) is 0 Å². The largest absolute Gasteiger partial charge is 0.343 e. The van der Waals surface area contributed by atoms with Crippen LogP contribution in [-0.4, -0.2) is 36.3 Å². The Morgan fingerprint density at radius 2 is 2.12 bits per heavy atom. The lowest BCUT2D eigenvalue weighted by Crippen LogP contribution is -2.47. The highest BCUT2D eigenvalue weighted by Gasteiger charge is 2.20. The van der Waals surface area contributed by atoms with Crippen LogP contribution in [0.25, 0.3) is 0 Å². The van der Waals surface area contributed by atoms with Crippen molar-refractivity contribution in [1.29, 1.82) is 0 Å². The minimum absolute atomic E-state index is 0.0143. The Morgan fingerprint density at radius 3 is 2.71 bits per heavy atom. The number of carbonyl (C=O) groups is 2. The molecule has 1 aromatic rings. The number of nitrogens with zero attached hydrogens (tertiary/aromatic N) is 1. The molecule has 0 spiro atoms. The van der Waals surface area contributed by atoms with Gasteiger partial charge in [-0.3, -0.25) is 9.59 Å². The second-order valence-corrected chi connectivity index (χ2v) is 4.84. The zero-order valence-corrected chi connectivity index (χ0v) is 10.9. The SMILES string of the molecule is O=C(NCC(=O)N1CCC1)c1cccc(Br)c1. The van der Waals surface area contributed by atoms with Crippen molar-refractivity contribution in [2.45, 2.75) is 6.42 Å². The fourth-order valence-corrected chi connectivity index (χ4v) is 1.96. The first-order valence-electron chi connectivity index (χ1n) is 5.48. The van der Waals surface area contributed by atoms with Gasteiger partial charge in [0, 0.05) is 23.1 Å². The molecule has 5 heteroatoms. The zero-order valence-electron chi connectivity index (χ0n) is 9.28. The highest BCUT2D eigenvalue weighted by atomic mass is 79.9. The average Bonchev–Trinajstić information content (AvgIpc) is 2.23. The molecule has 0 bridgehead atoms. The van der Waals surface area contributed by atoms with E-state index in [0.717, 1.165) is 24.0 Å². The summed E-state index contributed by atoms with van der Waals surface area (Å²) < 4.78 is 0.846. The number of hydrogen-bond acceptors (Lipinski definition) is 2. The maximum absolute atomic E-state index is 11.7. The van der Waals surface area contributed by atoms with Crippen LogP contribution in [0.2, 0.25) is 0 Å². The number of benzene rings is 1. The van der Waals surface area contributed by atoms with Crippen LogP contribution in [0.5, 0.6) is 0 Å². The number of likely N-dealkylation sites (tertiary alicyclic amines) is 1. The van der Waals surface area contributed by atoms with Crippen LogP contribution >= 0.6 is 15.9 Å². The lowest BCUT2D eigenvalue weighted by Gasteiger charge is -2.30. The predicted octanol–water partition coefficient (Wildman–Crippen LogP) is 1.41. The van der Waals surface area contributed by atoms with E-state index in [1.54, 1.807) is 23.1 Å². The first kappa shape index (κ1) is 12.1. The van der Waals surface area contributed by atoms with Gasteiger partial charge in [-0.15, -0.1) is 0 Å². The number of amides is 2. The summed E-state index contributed by atoms with van der Waals surface area (Å²) in [5.41, 5.74) is 0.552. The van der Waals surface area contributed by atoms with Gasteiger partial charge in [-0.1, -0.05) is 22.0 Å². The summed E-state index contributed by atoms with van der Waals surface area (Å²) in [7, 11) is 0. The molecule has 4 nitrogen and oxygen atoms in total. The molecule has 1 heterocycles. The third kappa shape index (κ3) is 3.06. The summed E-state index contributed by atoms with van der Waals surface area (Å²) >= 11 is 3.30. The molecule has 0 unspecified atom stereocenters. The van der Waals surface area contributed by atoms with Gasteiger partial charge in [0.05, 0.1) is 6.54 Å². The molecule has 0 radical (unpaired) electrons. The highest BCUT2D eigenvalue weighted by Crippen LogP contribution is 2.11. The van der Waals surface area contributed by atoms with E-state index in [-0.39, 0.29) is 18.4 Å². The second-order valence-electron chi connectivity index (χ2n) is 3.93. The van der Waals surface area contributed by atoms with Crippen molar-refractivity contribution >= 4 is 27.7 Å². The van der Waals surface area contributed by atoms with E-state index < -0.39 is 0 Å². The number of halogens is 1. The molecule has 1 aliphatic rings. The van der Waals surface area contributed by atoms with Crippen molar-refractivity contribution in [3.8, 4) is 0 Å². The molecule has 0 aliphatic carbocycles. The summed E-state index contributed by atoms with van der Waals surface area (Å²) in [4.78, 5) is 25.0. The predicted molar refractivity (Wildman–Crippen MR) is 67.7 cm³/mol. The quantitative estimate of drug-likeness (QED) is 0.917. The number of carbonyl (C=O) groups excluding carboxylic acids is 2. The molecule has 17 heavy (non-hydrogen) atoms. The van der Waals surface area contributed by atoms with E-state index in [2.05, 4.69) is 21.2 Å². The summed E-state index contributed by atoms with van der Waals surface area (Å²) in [6.45, 7) is 1.70. The molecule has 1 fully saturated rings. The number of nitrogens with one attached hydrogen (secondary N) is 1. The van der Waals surface area contributed by atoms with Crippen molar-refractivity contribution in [1.82, 2.24) is 10.2 Å². The zero-order chi connectivity index (χ0) is 12.3. The van der Waals surface area contributed by atoms with Gasteiger partial charge in [-0.25, -0.2) is 0 Å². The highest BCUT2D eigenvalue weighted by molar-refractivity contribution is 9.10. The van der Waals surface area contributed by atoms with Crippen LogP contribution in [0.4, 0.5) is 0 Å². The maximum Gasteiger partial charge on any atom is 0.251 e. The molecule has 90 valence electrons. The first-order chi connectivity index (χ1) is 8.16. The second kappa shape index (κ2) is 5.31. The molecule has 1 saturated heterocycles. The monoisotopic (exact) mass is 296 g/mol. The number of hydrogen-bond donors (Lipinski definition) is 1. The maximum atomic E-state index is 11.7. The smallest absolute Gasteiger partial charge is 0.251 e. The topological polar surface area (TPSA) is 49.4 Å². The summed E-state index contributed by atoms with van der Waals surface area (Å²) in [5, 5.41) is 2.62. The Hall–Kier alpha value is -1.36. The van der Waals surface area contributed by atoms with E-state index in [4.69, 9.17) is 0 Å². The molecule has 1 aromatic carbocycles. The van der Waals surface area contributed by atoms with E-state index in [0.29, 0.717) is 5.56 Å². The van der Waals surface area contributed by atoms with E-state index in [1.165, 1.54) is 0 Å². The summed E-state index contributed by atoms with van der Waals surface area (Å²) in [6, 6.07) is 7.08. The van der Waals surface area contributed by atoms with Crippen molar-refractivity contribution in [2.75, 3.05) is 19.6 Å². The normalized spacial score (nSPS) is 14.1. The van der Waals surface area contributed by atoms with Crippen LogP contribution in [0.15, 0.2) is 28.7 Å². The van der Waals surface area contributed by atoms with Crippen molar-refractivity contribution in [2.24, 2.45) is 0 Å². The Morgan fingerprint density at radius 1 is 1.35 bits per heavy atom. The van der Waals surface area contributed by atoms with E-state index in [9.17, 15) is 9.59 Å². The van der Waals surface area contributed by atoms with Crippen molar-refractivity contribution < 1.29 is 9.59 Å². The summed E-state index contributed by atoms with van der Waals surface area (Å²) in [5.74, 6) is -0.236. The van der Waals surface area contributed by atoms with Crippen LogP contribution in [0.3, 0.4) is 0 Å². The third-order valence-corrected chi connectivity index (χ3v) is 3.19. The average molecular weight is 297 g/mol. The van der Waals surface area contributed by atoms with Gasteiger partial charge in [0.25, 0.3) is 5.91 Å². The van der Waals surface area contributed by atoms with Crippen molar-refractivity contribution in [3.63, 3.8) is 0 Å². The molecular formula is C12H13BrN2O2. The third-order valence-electron chi connectivity index (χ3n) is 2.70. The standard InChI is InChI=1S/C12H13BrN2O2/c13-10-4-1-3-9(7-10)12(17)14-8-11(16)15-5-2-6-15/h1,3-4,7H,2,5-6,8H2,(H,14,17). The molecule has 0 saturated carbocycles. The molecular weight excluding hydrogens is 284 g/mol. The molecule has 1 aliphatic heterocycles. The number of rotatable bonds is 3. The van der Waals surface area contributed by atoms with Crippen LogP contribution < -0.4 is 5.32 Å². The van der Waals surface area contributed by atoms with Crippen LogP contribution in [-0.2, 0) is 4.79 Å². The molecule has 2 amide bonds. The van der Waals surface area contributed by atoms with E-state index >= 15 is 0 Å². The van der Waals surface area contributed by atoms with Crippen molar-refractivity contribution in [3.05, 3.63) is 34.3 Å². The fourth-order valence-electron chi connectivity index (χ4n) is 1.57. The lowest BCUT2D eigenvalue weighted by molar-refractivity contribution is -0.133.